The number of benzene rings is 4. The number of nitrogens with one attached hydrogen (secondary N) is 1. The largest absolute Gasteiger partial charge is 0.505 e. The molecule has 0 aliphatic rings. The Labute approximate surface area is 242 Å². The SMILES string of the molecule is CCC(C)(C)C(=O)OCCNc1cc(S(=O)(=O)O)cc2ccc(N=Nc3ccc4ccccc4c3S(=O)(=O)O)c(O)c12. The zero-order valence-corrected chi connectivity index (χ0v) is 24.5. The average molecular weight is 616 g/mol. The number of carbonyl (C=O) groups is 1. The summed E-state index contributed by atoms with van der Waals surface area (Å²) in [5.41, 5.74) is -0.871. The smallest absolute Gasteiger partial charge is 0.311 e. The van der Waals surface area contributed by atoms with Crippen LogP contribution in [0.4, 0.5) is 17.1 Å². The second-order valence-corrected chi connectivity index (χ2v) is 12.9. The summed E-state index contributed by atoms with van der Waals surface area (Å²) in [5, 5.41) is 23.2. The molecule has 4 aromatic carbocycles. The molecule has 14 heteroatoms. The lowest BCUT2D eigenvalue weighted by Gasteiger charge is -2.20. The Morgan fingerprint density at radius 3 is 2.21 bits per heavy atom. The molecule has 0 saturated heterocycles. The van der Waals surface area contributed by atoms with Gasteiger partial charge in [-0.25, -0.2) is 0 Å². The van der Waals surface area contributed by atoms with E-state index in [0.29, 0.717) is 11.8 Å². The molecule has 222 valence electrons. The fourth-order valence-corrected chi connectivity index (χ4v) is 5.52. The maximum absolute atomic E-state index is 12.3. The Balaban J connectivity index is 1.74. The van der Waals surface area contributed by atoms with Gasteiger partial charge in [-0.15, -0.1) is 10.2 Å². The molecule has 42 heavy (non-hydrogen) atoms. The van der Waals surface area contributed by atoms with Crippen LogP contribution in [0.25, 0.3) is 21.5 Å². The van der Waals surface area contributed by atoms with Crippen molar-refractivity contribution < 1.29 is 40.6 Å². The van der Waals surface area contributed by atoms with Crippen molar-refractivity contribution in [3.05, 3.63) is 60.7 Å². The number of rotatable bonds is 10. The predicted molar refractivity (Wildman–Crippen MR) is 157 cm³/mol. The van der Waals surface area contributed by atoms with Gasteiger partial charge in [-0.3, -0.25) is 13.9 Å². The second-order valence-electron chi connectivity index (χ2n) is 10.1. The van der Waals surface area contributed by atoms with Crippen LogP contribution < -0.4 is 5.32 Å². The van der Waals surface area contributed by atoms with E-state index in [2.05, 4.69) is 15.5 Å². The molecular weight excluding hydrogens is 586 g/mol. The van der Waals surface area contributed by atoms with Crippen LogP contribution in [0, 0.1) is 5.41 Å². The highest BCUT2D eigenvalue weighted by molar-refractivity contribution is 7.86. The fraction of sp³-hybridized carbons (Fsp3) is 0.250. The third-order valence-corrected chi connectivity index (χ3v) is 8.59. The first-order valence-corrected chi connectivity index (χ1v) is 15.6. The van der Waals surface area contributed by atoms with Crippen LogP contribution in [-0.4, -0.2) is 50.2 Å². The number of hydrogen-bond donors (Lipinski definition) is 4. The summed E-state index contributed by atoms with van der Waals surface area (Å²) in [6.07, 6.45) is 0.566. The summed E-state index contributed by atoms with van der Waals surface area (Å²) in [7, 11) is -9.33. The van der Waals surface area contributed by atoms with E-state index in [9.17, 15) is 35.8 Å². The molecule has 0 fully saturated rings. The first-order valence-electron chi connectivity index (χ1n) is 12.7. The van der Waals surface area contributed by atoms with Crippen molar-refractivity contribution in [3.63, 3.8) is 0 Å². The van der Waals surface area contributed by atoms with Gasteiger partial charge in [0.25, 0.3) is 20.2 Å². The number of phenols is 1. The van der Waals surface area contributed by atoms with Crippen LogP contribution in [-0.2, 0) is 29.8 Å². The number of fused-ring (bicyclic) bond motifs is 2. The van der Waals surface area contributed by atoms with Crippen molar-refractivity contribution in [2.45, 2.75) is 37.0 Å². The Kier molecular flexibility index (Phi) is 8.55. The molecule has 0 aliphatic carbocycles. The minimum Gasteiger partial charge on any atom is -0.505 e. The van der Waals surface area contributed by atoms with Crippen molar-refractivity contribution >= 4 is 64.8 Å². The van der Waals surface area contributed by atoms with E-state index in [4.69, 9.17) is 4.74 Å². The van der Waals surface area contributed by atoms with E-state index in [1.54, 1.807) is 38.1 Å². The maximum atomic E-state index is 12.3. The topological polar surface area (TPSA) is 192 Å². The average Bonchev–Trinajstić information content (AvgIpc) is 2.93. The number of esters is 1. The highest BCUT2D eigenvalue weighted by Gasteiger charge is 2.27. The Hall–Kier alpha value is -4.11. The second kappa shape index (κ2) is 11.6. The number of hydrogen-bond acceptors (Lipinski definition) is 10. The molecule has 0 aromatic heterocycles. The molecule has 0 amide bonds. The van der Waals surface area contributed by atoms with Crippen molar-refractivity contribution in [2.75, 3.05) is 18.5 Å². The molecule has 0 unspecified atom stereocenters. The molecule has 0 aliphatic heterocycles. The molecule has 0 radical (unpaired) electrons. The summed E-state index contributed by atoms with van der Waals surface area (Å²) in [4.78, 5) is 11.4. The van der Waals surface area contributed by atoms with Gasteiger partial charge in [0.1, 0.15) is 22.9 Å². The van der Waals surface area contributed by atoms with E-state index in [0.717, 1.165) is 12.1 Å². The number of anilines is 1. The van der Waals surface area contributed by atoms with E-state index in [-0.39, 0.29) is 46.4 Å². The van der Waals surface area contributed by atoms with Gasteiger partial charge in [-0.1, -0.05) is 43.3 Å². The van der Waals surface area contributed by atoms with Gasteiger partial charge in [0.05, 0.1) is 10.3 Å². The zero-order chi connectivity index (χ0) is 30.9. The quantitative estimate of drug-likeness (QED) is 0.0712. The van der Waals surface area contributed by atoms with Gasteiger partial charge < -0.3 is 15.2 Å². The molecule has 0 saturated carbocycles. The molecular formula is C28H29N3O9S2. The standard InChI is InChI=1S/C28H29N3O9S2/c1-4-28(2,3)27(33)40-14-13-29-23-16-19(41(34,35)36)15-18-10-11-21(25(32)24(18)23)30-31-22-12-9-17-7-5-6-8-20(17)26(22)42(37,38)39/h5-12,15-16,29,32H,4,13-14H2,1-3H3,(H,34,35,36)(H,37,38,39). The number of azo groups is 1. The number of nitrogens with zero attached hydrogens (tertiary/aromatic N) is 2. The van der Waals surface area contributed by atoms with Gasteiger partial charge in [-0.2, -0.15) is 16.8 Å². The minimum absolute atomic E-state index is 0.0373. The molecule has 4 N–H and O–H groups in total. The molecule has 0 bridgehead atoms. The van der Waals surface area contributed by atoms with Gasteiger partial charge in [-0.05, 0) is 55.3 Å². The number of carbonyl (C=O) groups excluding carboxylic acids is 1. The van der Waals surface area contributed by atoms with Gasteiger partial charge in [0.15, 0.2) is 5.75 Å². The van der Waals surface area contributed by atoms with Crippen LogP contribution in [0.1, 0.15) is 27.2 Å². The lowest BCUT2D eigenvalue weighted by molar-refractivity contribution is -0.153. The number of phenolic OH excluding ortho intramolecular Hbond substituents is 1. The molecule has 4 aromatic rings. The molecule has 12 nitrogen and oxygen atoms in total. The molecule has 0 atom stereocenters. The van der Waals surface area contributed by atoms with Crippen LogP contribution in [0.5, 0.6) is 5.75 Å². The Morgan fingerprint density at radius 2 is 1.55 bits per heavy atom. The number of ether oxygens (including phenoxy) is 1. The third-order valence-electron chi connectivity index (χ3n) is 6.81. The van der Waals surface area contributed by atoms with E-state index in [1.807, 2.05) is 6.92 Å². The third kappa shape index (κ3) is 6.51. The van der Waals surface area contributed by atoms with E-state index >= 15 is 0 Å². The predicted octanol–water partition coefficient (Wildman–Crippen LogP) is 6.00. The minimum atomic E-state index is -4.71. The zero-order valence-electron chi connectivity index (χ0n) is 22.9. The summed E-state index contributed by atoms with van der Waals surface area (Å²) >= 11 is 0. The van der Waals surface area contributed by atoms with E-state index < -0.39 is 47.2 Å². The lowest BCUT2D eigenvalue weighted by atomic mass is 9.91. The first-order chi connectivity index (χ1) is 19.6. The van der Waals surface area contributed by atoms with Gasteiger partial charge >= 0.3 is 5.97 Å². The lowest BCUT2D eigenvalue weighted by Crippen LogP contribution is -2.27. The fourth-order valence-electron chi connectivity index (χ4n) is 4.14. The normalized spacial score (nSPS) is 12.7. The summed E-state index contributed by atoms with van der Waals surface area (Å²) in [6, 6.07) is 14.5. The summed E-state index contributed by atoms with van der Waals surface area (Å²) in [5.74, 6) is -0.842. The maximum Gasteiger partial charge on any atom is 0.311 e. The summed E-state index contributed by atoms with van der Waals surface area (Å²) < 4.78 is 73.1. The van der Waals surface area contributed by atoms with Crippen molar-refractivity contribution in [1.29, 1.82) is 0 Å². The first kappa shape index (κ1) is 30.8. The van der Waals surface area contributed by atoms with Crippen LogP contribution in [0.3, 0.4) is 0 Å². The Bertz CT molecular complexity index is 1940. The van der Waals surface area contributed by atoms with Gasteiger partial charge in [0.2, 0.25) is 0 Å². The van der Waals surface area contributed by atoms with Crippen molar-refractivity contribution in [2.24, 2.45) is 15.6 Å². The highest BCUT2D eigenvalue weighted by Crippen LogP contribution is 2.42. The van der Waals surface area contributed by atoms with Crippen LogP contribution in [0.2, 0.25) is 0 Å². The van der Waals surface area contributed by atoms with Gasteiger partial charge in [0, 0.05) is 23.0 Å². The molecule has 4 rings (SSSR count). The molecule has 0 heterocycles. The van der Waals surface area contributed by atoms with Crippen LogP contribution >= 0.6 is 0 Å². The monoisotopic (exact) mass is 615 g/mol. The van der Waals surface area contributed by atoms with Crippen molar-refractivity contribution in [1.82, 2.24) is 0 Å². The Morgan fingerprint density at radius 1 is 0.905 bits per heavy atom. The highest BCUT2D eigenvalue weighted by atomic mass is 32.2. The molecule has 0 spiro atoms. The van der Waals surface area contributed by atoms with Crippen molar-refractivity contribution in [3.8, 4) is 5.75 Å². The summed E-state index contributed by atoms with van der Waals surface area (Å²) in [6.45, 7) is 5.32. The van der Waals surface area contributed by atoms with Crippen LogP contribution in [0.15, 0.2) is 80.7 Å². The number of aromatic hydroxyl groups is 1. The van der Waals surface area contributed by atoms with E-state index in [1.165, 1.54) is 24.3 Å².